The molecule has 0 fully saturated rings. The van der Waals surface area contributed by atoms with Crippen LogP contribution in [0.3, 0.4) is 0 Å². The maximum Gasteiger partial charge on any atom is 3.00 e. The smallest absolute Gasteiger partial charge is 0.521 e. The number of benzene rings is 2. The molecule has 0 aliphatic rings. The van der Waals surface area contributed by atoms with Gasteiger partial charge in [-0.05, 0) is 0 Å². The summed E-state index contributed by atoms with van der Waals surface area (Å²) in [7, 11) is 0. The Morgan fingerprint density at radius 2 is 1.00 bits per heavy atom. The number of hydrogen-bond acceptors (Lipinski definition) is 0. The van der Waals surface area contributed by atoms with Gasteiger partial charge < -0.3 is 6.58 Å². The minimum atomic E-state index is 0. The predicted molar refractivity (Wildman–Crippen MR) is 89.0 cm³/mol. The summed E-state index contributed by atoms with van der Waals surface area (Å²) >= 11 is 0. The van der Waals surface area contributed by atoms with Crippen molar-refractivity contribution < 1.29 is 26.2 Å². The molecule has 0 bridgehead atoms. The second kappa shape index (κ2) is 9.26. The Morgan fingerprint density at radius 3 is 1.38 bits per heavy atom. The molecule has 101 valence electrons. The quantitative estimate of drug-likeness (QED) is 0.357. The van der Waals surface area contributed by atoms with Gasteiger partial charge in [-0.15, -0.1) is 59.3 Å². The van der Waals surface area contributed by atoms with Crippen molar-refractivity contribution in [2.45, 2.75) is 0 Å². The summed E-state index contributed by atoms with van der Waals surface area (Å²) in [6.07, 6.45) is 0. The Morgan fingerprint density at radius 1 is 0.619 bits per heavy atom. The summed E-state index contributed by atoms with van der Waals surface area (Å²) in [5.41, 5.74) is 0. The van der Waals surface area contributed by atoms with Crippen molar-refractivity contribution in [2.75, 3.05) is 0 Å². The molecule has 1 radical (unpaired) electrons. The van der Waals surface area contributed by atoms with Crippen LogP contribution in [0.25, 0.3) is 21.5 Å². The van der Waals surface area contributed by atoms with Gasteiger partial charge in [0.05, 0.1) is 0 Å². The Bertz CT molecular complexity index is 635. The first-order valence-electron chi connectivity index (χ1n) is 6.55. The maximum absolute atomic E-state index is 4.25. The third-order valence-corrected chi connectivity index (χ3v) is 3.10. The molecular formula is C20H17Zr. The Balaban J connectivity index is 0.000000181. The topological polar surface area (TPSA) is 0 Å². The molecule has 0 spiro atoms. The Hall–Kier alpha value is -1.72. The third-order valence-electron chi connectivity index (χ3n) is 3.10. The van der Waals surface area contributed by atoms with Crippen LogP contribution in [0.4, 0.5) is 0 Å². The molecular weight excluding hydrogens is 331 g/mol. The van der Waals surface area contributed by atoms with E-state index in [1.807, 2.05) is 0 Å². The van der Waals surface area contributed by atoms with Crippen molar-refractivity contribution in [3.05, 3.63) is 98.1 Å². The normalized spacial score (nSPS) is 8.95. The molecule has 4 aromatic carbocycles. The fraction of sp³-hybridized carbons (Fsp3) is 0. The van der Waals surface area contributed by atoms with E-state index in [-0.39, 0.29) is 26.2 Å². The molecule has 21 heavy (non-hydrogen) atoms. The molecule has 0 unspecified atom stereocenters. The summed E-state index contributed by atoms with van der Waals surface area (Å²) in [6, 6.07) is 29.3. The summed E-state index contributed by atoms with van der Waals surface area (Å²) in [4.78, 5) is 0. The Labute approximate surface area is 145 Å². The van der Waals surface area contributed by atoms with Crippen molar-refractivity contribution in [3.63, 3.8) is 0 Å². The van der Waals surface area contributed by atoms with Crippen LogP contribution >= 0.6 is 0 Å². The molecule has 0 amide bonds. The van der Waals surface area contributed by atoms with Crippen LogP contribution in [0.5, 0.6) is 0 Å². The molecule has 0 nitrogen and oxygen atoms in total. The van der Waals surface area contributed by atoms with E-state index in [2.05, 4.69) is 98.1 Å². The molecule has 0 atom stereocenters. The van der Waals surface area contributed by atoms with E-state index >= 15 is 0 Å². The summed E-state index contributed by atoms with van der Waals surface area (Å²) in [5.74, 6) is 0. The van der Waals surface area contributed by atoms with Crippen LogP contribution in [-0.4, -0.2) is 0 Å². The van der Waals surface area contributed by atoms with Gasteiger partial charge in [-0.1, -0.05) is 12.1 Å². The first-order valence-corrected chi connectivity index (χ1v) is 6.55. The van der Waals surface area contributed by atoms with Crippen molar-refractivity contribution in [1.29, 1.82) is 0 Å². The zero-order valence-electron chi connectivity index (χ0n) is 11.9. The molecule has 0 heterocycles. The van der Waals surface area contributed by atoms with Crippen molar-refractivity contribution in [2.24, 2.45) is 0 Å². The van der Waals surface area contributed by atoms with Crippen LogP contribution in [-0.2, 0) is 26.2 Å². The van der Waals surface area contributed by atoms with Gasteiger partial charge in [0, 0.05) is 0 Å². The zero-order valence-corrected chi connectivity index (χ0v) is 14.3. The van der Waals surface area contributed by atoms with Gasteiger partial charge in [-0.2, -0.15) is 35.0 Å². The predicted octanol–water partition coefficient (Wildman–Crippen LogP) is 5.72. The average Bonchev–Trinajstić information content (AvgIpc) is 3.18. The van der Waals surface area contributed by atoms with Crippen LogP contribution in [0.15, 0.2) is 91.5 Å². The van der Waals surface area contributed by atoms with Gasteiger partial charge in [0.25, 0.3) is 0 Å². The number of fused-ring (bicyclic) bond motifs is 2. The van der Waals surface area contributed by atoms with Crippen LogP contribution < -0.4 is 0 Å². The van der Waals surface area contributed by atoms with Crippen molar-refractivity contribution in [3.8, 4) is 0 Å². The van der Waals surface area contributed by atoms with Crippen molar-refractivity contribution in [1.82, 2.24) is 0 Å². The maximum atomic E-state index is 4.25. The fourth-order valence-corrected chi connectivity index (χ4v) is 2.14. The second-order valence-corrected chi connectivity index (χ2v) is 4.31. The molecule has 0 saturated carbocycles. The van der Waals surface area contributed by atoms with Gasteiger partial charge in [0.2, 0.25) is 0 Å². The molecule has 0 aromatic heterocycles. The van der Waals surface area contributed by atoms with Crippen molar-refractivity contribution >= 4 is 21.5 Å². The molecule has 0 aliphatic heterocycles. The fourth-order valence-electron chi connectivity index (χ4n) is 2.14. The van der Waals surface area contributed by atoms with E-state index < -0.39 is 0 Å². The van der Waals surface area contributed by atoms with Gasteiger partial charge in [0.15, 0.2) is 0 Å². The Kier molecular flexibility index (Phi) is 7.65. The van der Waals surface area contributed by atoms with Crippen LogP contribution in [0.2, 0.25) is 0 Å². The minimum Gasteiger partial charge on any atom is -0.521 e. The van der Waals surface area contributed by atoms with Gasteiger partial charge >= 0.3 is 26.2 Å². The third kappa shape index (κ3) is 4.65. The molecule has 1 heteroatoms. The minimum absolute atomic E-state index is 0. The SMILES string of the molecule is [CH-]=C.[Zr+3].c1ccc2[cH-]ccc2c1.c1ccc2[cH-]ccc2c1. The molecule has 0 saturated heterocycles. The molecule has 4 aromatic rings. The van der Waals surface area contributed by atoms with Gasteiger partial charge in [-0.25, -0.2) is 0 Å². The van der Waals surface area contributed by atoms with Crippen LogP contribution in [0.1, 0.15) is 0 Å². The van der Waals surface area contributed by atoms with E-state index in [1.54, 1.807) is 0 Å². The molecule has 0 aliphatic carbocycles. The van der Waals surface area contributed by atoms with E-state index in [0.717, 1.165) is 0 Å². The van der Waals surface area contributed by atoms with Gasteiger partial charge in [0.1, 0.15) is 0 Å². The van der Waals surface area contributed by atoms with E-state index in [9.17, 15) is 0 Å². The largest absolute Gasteiger partial charge is 3.00 e. The number of rotatable bonds is 0. The molecule has 4 rings (SSSR count). The second-order valence-electron chi connectivity index (χ2n) is 4.31. The monoisotopic (exact) mass is 347 g/mol. The summed E-state index contributed by atoms with van der Waals surface area (Å²) in [5, 5.41) is 5.32. The summed E-state index contributed by atoms with van der Waals surface area (Å²) in [6.45, 7) is 7.00. The first kappa shape index (κ1) is 17.3. The summed E-state index contributed by atoms with van der Waals surface area (Å²) < 4.78 is 0. The standard InChI is InChI=1S/2C9H7.C2H3.Zr/c2*1-2-5-9-7-3-6-8(9)4-1;1-2;/h2*1-7H;1H,2H2;/q3*-1;+3. The number of hydrogen-bond donors (Lipinski definition) is 0. The molecule has 0 N–H and O–H groups in total. The van der Waals surface area contributed by atoms with E-state index in [0.29, 0.717) is 0 Å². The average molecular weight is 349 g/mol. The van der Waals surface area contributed by atoms with Crippen LogP contribution in [0, 0.1) is 6.58 Å². The first-order chi connectivity index (χ1) is 9.93. The van der Waals surface area contributed by atoms with E-state index in [4.69, 9.17) is 0 Å². The van der Waals surface area contributed by atoms with E-state index in [1.165, 1.54) is 21.5 Å². The zero-order chi connectivity index (χ0) is 14.2. The van der Waals surface area contributed by atoms with Gasteiger partial charge in [-0.3, -0.25) is 6.58 Å².